The van der Waals surface area contributed by atoms with Gasteiger partial charge in [0.2, 0.25) is 0 Å². The van der Waals surface area contributed by atoms with Crippen LogP contribution in [0.15, 0.2) is 24.3 Å². The second-order valence-corrected chi connectivity index (χ2v) is 5.30. The van der Waals surface area contributed by atoms with Gasteiger partial charge in [-0.2, -0.15) is 0 Å². The molecule has 2 unspecified atom stereocenters. The van der Waals surface area contributed by atoms with Crippen molar-refractivity contribution in [3.05, 3.63) is 34.9 Å². The average molecular weight is 238 g/mol. The van der Waals surface area contributed by atoms with Crippen LogP contribution in [0.4, 0.5) is 0 Å². The summed E-state index contributed by atoms with van der Waals surface area (Å²) in [7, 11) is 0. The Morgan fingerprint density at radius 3 is 2.50 bits per heavy atom. The zero-order chi connectivity index (χ0) is 11.4. The van der Waals surface area contributed by atoms with Crippen molar-refractivity contribution in [2.24, 2.45) is 17.6 Å². The Hall–Kier alpha value is -0.530. The van der Waals surface area contributed by atoms with E-state index in [0.29, 0.717) is 0 Å². The minimum absolute atomic E-state index is 0.827. The lowest BCUT2D eigenvalue weighted by molar-refractivity contribution is 0.367. The van der Waals surface area contributed by atoms with E-state index < -0.39 is 0 Å². The summed E-state index contributed by atoms with van der Waals surface area (Å²) in [6, 6.07) is 8.29. The maximum atomic E-state index is 5.89. The highest BCUT2D eigenvalue weighted by Gasteiger charge is 2.26. The Labute approximate surface area is 103 Å². The van der Waals surface area contributed by atoms with Crippen LogP contribution in [0.2, 0.25) is 5.02 Å². The normalized spacial score (nSPS) is 24.9. The van der Waals surface area contributed by atoms with Crippen LogP contribution in [0.1, 0.15) is 31.2 Å². The molecule has 1 aromatic rings. The number of benzene rings is 1. The van der Waals surface area contributed by atoms with E-state index in [2.05, 4.69) is 12.1 Å². The minimum atomic E-state index is 0.827. The highest BCUT2D eigenvalue weighted by Crippen LogP contribution is 2.36. The Morgan fingerprint density at radius 2 is 1.81 bits per heavy atom. The quantitative estimate of drug-likeness (QED) is 0.850. The zero-order valence-corrected chi connectivity index (χ0v) is 10.4. The highest BCUT2D eigenvalue weighted by atomic mass is 35.5. The first kappa shape index (κ1) is 11.9. The number of hydrogen-bond donors (Lipinski definition) is 1. The molecule has 0 amide bonds. The van der Waals surface area contributed by atoms with E-state index in [9.17, 15) is 0 Å². The van der Waals surface area contributed by atoms with Crippen LogP contribution in [0.5, 0.6) is 0 Å². The Bertz CT molecular complexity index is 320. The number of hydrogen-bond acceptors (Lipinski definition) is 1. The molecule has 88 valence electrons. The molecule has 0 radical (unpaired) electrons. The van der Waals surface area contributed by atoms with Gasteiger partial charge in [0.1, 0.15) is 0 Å². The van der Waals surface area contributed by atoms with Crippen LogP contribution < -0.4 is 5.73 Å². The standard InChI is InChI=1S/C14H20ClN/c15-14-6-4-11(5-7-14)10-13-3-1-2-12(13)8-9-16/h4-7,12-13H,1-3,8-10,16H2. The highest BCUT2D eigenvalue weighted by molar-refractivity contribution is 6.30. The molecule has 16 heavy (non-hydrogen) atoms. The molecule has 2 atom stereocenters. The van der Waals surface area contributed by atoms with E-state index >= 15 is 0 Å². The summed E-state index contributed by atoms with van der Waals surface area (Å²) in [5.74, 6) is 1.69. The first-order valence-electron chi connectivity index (χ1n) is 6.24. The third kappa shape index (κ3) is 2.99. The molecule has 1 nitrogen and oxygen atoms in total. The van der Waals surface area contributed by atoms with Crippen LogP contribution in [0.25, 0.3) is 0 Å². The van der Waals surface area contributed by atoms with Crippen molar-refractivity contribution >= 4 is 11.6 Å². The summed E-state index contributed by atoms with van der Waals surface area (Å²) in [6.45, 7) is 0.835. The van der Waals surface area contributed by atoms with Crippen LogP contribution in [0.3, 0.4) is 0 Å². The lowest BCUT2D eigenvalue weighted by Crippen LogP contribution is -2.15. The number of halogens is 1. The predicted molar refractivity (Wildman–Crippen MR) is 69.7 cm³/mol. The van der Waals surface area contributed by atoms with Crippen LogP contribution in [-0.2, 0) is 6.42 Å². The van der Waals surface area contributed by atoms with Gasteiger partial charge in [0, 0.05) is 5.02 Å². The van der Waals surface area contributed by atoms with E-state index in [1.807, 2.05) is 12.1 Å². The summed E-state index contributed by atoms with van der Waals surface area (Å²) < 4.78 is 0. The molecule has 1 aliphatic rings. The van der Waals surface area contributed by atoms with Crippen molar-refractivity contribution in [1.82, 2.24) is 0 Å². The predicted octanol–water partition coefficient (Wildman–Crippen LogP) is 3.65. The van der Waals surface area contributed by atoms with E-state index in [-0.39, 0.29) is 0 Å². The summed E-state index contributed by atoms with van der Waals surface area (Å²) in [5, 5.41) is 0.827. The van der Waals surface area contributed by atoms with Gasteiger partial charge in [0.05, 0.1) is 0 Å². The van der Waals surface area contributed by atoms with Crippen LogP contribution in [-0.4, -0.2) is 6.54 Å². The zero-order valence-electron chi connectivity index (χ0n) is 9.66. The van der Waals surface area contributed by atoms with Gasteiger partial charge in [0.15, 0.2) is 0 Å². The van der Waals surface area contributed by atoms with Gasteiger partial charge >= 0.3 is 0 Å². The third-order valence-corrected chi connectivity index (χ3v) is 4.02. The van der Waals surface area contributed by atoms with E-state index in [1.54, 1.807) is 0 Å². The van der Waals surface area contributed by atoms with Crippen molar-refractivity contribution in [2.75, 3.05) is 6.54 Å². The molecular formula is C14H20ClN. The SMILES string of the molecule is NCCC1CCCC1Cc1ccc(Cl)cc1. The monoisotopic (exact) mass is 237 g/mol. The molecule has 1 aliphatic carbocycles. The molecule has 0 saturated heterocycles. The molecular weight excluding hydrogens is 218 g/mol. The van der Waals surface area contributed by atoms with Crippen molar-refractivity contribution in [2.45, 2.75) is 32.1 Å². The van der Waals surface area contributed by atoms with Gasteiger partial charge in [-0.25, -0.2) is 0 Å². The fourth-order valence-corrected chi connectivity index (χ4v) is 3.03. The smallest absolute Gasteiger partial charge is 0.0406 e. The van der Waals surface area contributed by atoms with Crippen molar-refractivity contribution in [3.63, 3.8) is 0 Å². The molecule has 1 fully saturated rings. The van der Waals surface area contributed by atoms with Gasteiger partial charge in [-0.15, -0.1) is 0 Å². The molecule has 0 aromatic heterocycles. The average Bonchev–Trinajstić information content (AvgIpc) is 2.70. The third-order valence-electron chi connectivity index (χ3n) is 3.77. The molecule has 1 saturated carbocycles. The van der Waals surface area contributed by atoms with Crippen LogP contribution in [0, 0.1) is 11.8 Å². The fraction of sp³-hybridized carbons (Fsp3) is 0.571. The summed E-state index contributed by atoms with van der Waals surface area (Å²) in [4.78, 5) is 0. The molecule has 0 heterocycles. The van der Waals surface area contributed by atoms with E-state index in [1.165, 1.54) is 37.7 Å². The number of nitrogens with two attached hydrogens (primary N) is 1. The summed E-state index contributed by atoms with van der Waals surface area (Å²) >= 11 is 5.89. The maximum absolute atomic E-state index is 5.89. The topological polar surface area (TPSA) is 26.0 Å². The van der Waals surface area contributed by atoms with Gasteiger partial charge in [0.25, 0.3) is 0 Å². The maximum Gasteiger partial charge on any atom is 0.0406 e. The first-order chi connectivity index (χ1) is 7.79. The first-order valence-corrected chi connectivity index (χ1v) is 6.62. The molecule has 2 N–H and O–H groups in total. The van der Waals surface area contributed by atoms with Crippen LogP contribution >= 0.6 is 11.6 Å². The molecule has 2 heteroatoms. The Balaban J connectivity index is 1.95. The van der Waals surface area contributed by atoms with E-state index in [4.69, 9.17) is 17.3 Å². The van der Waals surface area contributed by atoms with Crippen molar-refractivity contribution < 1.29 is 0 Å². The van der Waals surface area contributed by atoms with Gasteiger partial charge < -0.3 is 5.73 Å². The summed E-state index contributed by atoms with van der Waals surface area (Å²) in [6.07, 6.45) is 6.51. The molecule has 2 rings (SSSR count). The second-order valence-electron chi connectivity index (χ2n) is 4.86. The van der Waals surface area contributed by atoms with Crippen molar-refractivity contribution in [1.29, 1.82) is 0 Å². The van der Waals surface area contributed by atoms with E-state index in [0.717, 1.165) is 23.4 Å². The Kier molecular flexibility index (Phi) is 4.25. The molecule has 0 aliphatic heterocycles. The molecule has 1 aromatic carbocycles. The lowest BCUT2D eigenvalue weighted by Gasteiger charge is -2.18. The fourth-order valence-electron chi connectivity index (χ4n) is 2.90. The molecule has 0 bridgehead atoms. The molecule has 0 spiro atoms. The number of rotatable bonds is 4. The lowest BCUT2D eigenvalue weighted by atomic mass is 9.87. The Morgan fingerprint density at radius 1 is 1.12 bits per heavy atom. The minimum Gasteiger partial charge on any atom is -0.330 e. The summed E-state index contributed by atoms with van der Waals surface area (Å²) in [5.41, 5.74) is 7.08. The largest absolute Gasteiger partial charge is 0.330 e. The second kappa shape index (κ2) is 5.70. The van der Waals surface area contributed by atoms with Gasteiger partial charge in [-0.05, 0) is 55.3 Å². The van der Waals surface area contributed by atoms with Gasteiger partial charge in [-0.3, -0.25) is 0 Å². The van der Waals surface area contributed by atoms with Crippen molar-refractivity contribution in [3.8, 4) is 0 Å². The van der Waals surface area contributed by atoms with Gasteiger partial charge in [-0.1, -0.05) is 36.6 Å².